The molecule has 13 unspecified atom stereocenters. The standard InChI is InChI=1S/C34H70/c1-20(2)23(5)21(3)19-22(4)24(6)25(7)26(8)27(9)28(10)29(11)30(12)31(13)32(14)33(15)34(16,17)18/h20-33H,19H2,1-18H3. The molecule has 34 heavy (non-hydrogen) atoms. The van der Waals surface area contributed by atoms with Crippen molar-refractivity contribution in [2.75, 3.05) is 0 Å². The summed E-state index contributed by atoms with van der Waals surface area (Å²) in [6, 6.07) is 0. The molecule has 0 nitrogen and oxygen atoms in total. The lowest BCUT2D eigenvalue weighted by molar-refractivity contribution is 0.0560. The van der Waals surface area contributed by atoms with Crippen molar-refractivity contribution in [2.45, 2.75) is 131 Å². The molecular formula is C34H70. The van der Waals surface area contributed by atoms with Gasteiger partial charge in [-0.15, -0.1) is 0 Å². The lowest BCUT2D eigenvalue weighted by Gasteiger charge is -2.43. The normalized spacial score (nSPS) is 24.8. The summed E-state index contributed by atoms with van der Waals surface area (Å²) in [5.41, 5.74) is 0.386. The van der Waals surface area contributed by atoms with Crippen LogP contribution in [0.2, 0.25) is 0 Å². The highest BCUT2D eigenvalue weighted by molar-refractivity contribution is 4.86. The van der Waals surface area contributed by atoms with E-state index in [0.717, 1.165) is 82.9 Å². The zero-order valence-electron chi connectivity index (χ0n) is 27.3. The Hall–Kier alpha value is 0. The zero-order chi connectivity index (χ0) is 27.3. The Bertz CT molecular complexity index is 539. The topological polar surface area (TPSA) is 0 Å². The average Bonchev–Trinajstić information content (AvgIpc) is 2.77. The highest BCUT2D eigenvalue weighted by Crippen LogP contribution is 2.44. The van der Waals surface area contributed by atoms with Gasteiger partial charge < -0.3 is 0 Å². The minimum Gasteiger partial charge on any atom is -0.0625 e. The van der Waals surface area contributed by atoms with Crippen LogP contribution in [-0.4, -0.2) is 0 Å². The minimum absolute atomic E-state index is 0.386. The van der Waals surface area contributed by atoms with Crippen molar-refractivity contribution in [1.82, 2.24) is 0 Å². The molecule has 0 aromatic heterocycles. The number of hydrogen-bond acceptors (Lipinski definition) is 0. The summed E-state index contributed by atoms with van der Waals surface area (Å²) in [6.45, 7) is 44.8. The van der Waals surface area contributed by atoms with Gasteiger partial charge in [-0.25, -0.2) is 0 Å². The third-order valence-corrected chi connectivity index (χ3v) is 12.4. The van der Waals surface area contributed by atoms with Gasteiger partial charge in [-0.2, -0.15) is 0 Å². The number of rotatable bonds is 14. The van der Waals surface area contributed by atoms with Crippen LogP contribution in [0.3, 0.4) is 0 Å². The molecule has 0 aromatic carbocycles. The smallest absolute Gasteiger partial charge is 0.0354 e. The average molecular weight is 479 g/mol. The van der Waals surface area contributed by atoms with E-state index in [1.807, 2.05) is 0 Å². The van der Waals surface area contributed by atoms with Crippen LogP contribution in [0.4, 0.5) is 0 Å². The minimum atomic E-state index is 0.386. The Labute approximate surface area is 219 Å². The molecule has 0 bridgehead atoms. The molecule has 0 aromatic rings. The molecule has 0 aliphatic rings. The fraction of sp³-hybridized carbons (Fsp3) is 1.00. The van der Waals surface area contributed by atoms with E-state index in [4.69, 9.17) is 0 Å². The molecule has 0 radical (unpaired) electrons. The van der Waals surface area contributed by atoms with E-state index in [9.17, 15) is 0 Å². The quantitative estimate of drug-likeness (QED) is 0.233. The molecule has 0 fully saturated rings. The summed E-state index contributed by atoms with van der Waals surface area (Å²) < 4.78 is 0. The Morgan fingerprint density at radius 2 is 0.618 bits per heavy atom. The summed E-state index contributed by atoms with van der Waals surface area (Å²) in [5, 5.41) is 0. The third-order valence-electron chi connectivity index (χ3n) is 12.4. The molecule has 13 atom stereocenters. The molecule has 0 spiro atoms. The Morgan fingerprint density at radius 1 is 0.353 bits per heavy atom. The molecule has 0 heterocycles. The monoisotopic (exact) mass is 479 g/mol. The van der Waals surface area contributed by atoms with Crippen LogP contribution in [0.25, 0.3) is 0 Å². The van der Waals surface area contributed by atoms with E-state index in [1.54, 1.807) is 0 Å². The summed E-state index contributed by atoms with van der Waals surface area (Å²) in [4.78, 5) is 0. The Balaban J connectivity index is 5.19. The van der Waals surface area contributed by atoms with Gasteiger partial charge in [0.15, 0.2) is 0 Å². The maximum atomic E-state index is 2.56. The summed E-state index contributed by atoms with van der Waals surface area (Å²) >= 11 is 0. The zero-order valence-corrected chi connectivity index (χ0v) is 27.3. The van der Waals surface area contributed by atoms with E-state index in [2.05, 4.69) is 125 Å². The predicted molar refractivity (Wildman–Crippen MR) is 158 cm³/mol. The Morgan fingerprint density at radius 3 is 0.912 bits per heavy atom. The van der Waals surface area contributed by atoms with Crippen molar-refractivity contribution in [1.29, 1.82) is 0 Å². The van der Waals surface area contributed by atoms with Gasteiger partial charge in [-0.3, -0.25) is 0 Å². The van der Waals surface area contributed by atoms with E-state index >= 15 is 0 Å². The third kappa shape index (κ3) is 9.14. The number of hydrogen-bond donors (Lipinski definition) is 0. The first kappa shape index (κ1) is 34.0. The molecule has 0 N–H and O–H groups in total. The highest BCUT2D eigenvalue weighted by Gasteiger charge is 2.37. The van der Waals surface area contributed by atoms with Crippen molar-refractivity contribution >= 4 is 0 Å². The van der Waals surface area contributed by atoms with E-state index in [1.165, 1.54) is 6.42 Å². The first-order valence-corrected chi connectivity index (χ1v) is 15.3. The van der Waals surface area contributed by atoms with Crippen LogP contribution in [0, 0.1) is 88.3 Å². The molecule has 0 aliphatic heterocycles. The van der Waals surface area contributed by atoms with Crippen molar-refractivity contribution in [3.8, 4) is 0 Å². The second-order valence-electron chi connectivity index (χ2n) is 15.2. The summed E-state index contributed by atoms with van der Waals surface area (Å²) in [6.07, 6.45) is 1.37. The van der Waals surface area contributed by atoms with Gasteiger partial charge in [0.2, 0.25) is 0 Å². The van der Waals surface area contributed by atoms with Gasteiger partial charge in [-0.05, 0) is 94.7 Å². The molecule has 0 rings (SSSR count). The van der Waals surface area contributed by atoms with Gasteiger partial charge in [0.25, 0.3) is 0 Å². The van der Waals surface area contributed by atoms with Crippen LogP contribution < -0.4 is 0 Å². The van der Waals surface area contributed by atoms with E-state index < -0.39 is 0 Å². The second kappa shape index (κ2) is 14.1. The largest absolute Gasteiger partial charge is 0.0625 e. The van der Waals surface area contributed by atoms with Crippen LogP contribution in [-0.2, 0) is 0 Å². The predicted octanol–water partition coefficient (Wildman–Crippen LogP) is 11.3. The molecule has 206 valence electrons. The molecule has 0 heteroatoms. The van der Waals surface area contributed by atoms with Crippen molar-refractivity contribution in [3.05, 3.63) is 0 Å². The maximum Gasteiger partial charge on any atom is -0.0354 e. The van der Waals surface area contributed by atoms with Crippen molar-refractivity contribution in [2.24, 2.45) is 88.3 Å². The molecule has 0 saturated heterocycles. The van der Waals surface area contributed by atoms with Crippen molar-refractivity contribution in [3.63, 3.8) is 0 Å². The lowest BCUT2D eigenvalue weighted by Crippen LogP contribution is -2.37. The molecule has 0 saturated carbocycles. The molecular weight excluding hydrogens is 408 g/mol. The fourth-order valence-corrected chi connectivity index (χ4v) is 6.79. The SMILES string of the molecule is CC(C)C(C)C(C)CC(C)C(C)C(C)C(C)C(C)C(C)C(C)C(C)C(C)C(C)C(C)C(C)(C)C. The van der Waals surface area contributed by atoms with Gasteiger partial charge in [0.05, 0.1) is 0 Å². The summed E-state index contributed by atoms with van der Waals surface area (Å²) in [5.74, 6) is 10.8. The van der Waals surface area contributed by atoms with Gasteiger partial charge in [0, 0.05) is 0 Å². The molecule has 0 amide bonds. The first-order valence-electron chi connectivity index (χ1n) is 15.3. The summed E-state index contributed by atoms with van der Waals surface area (Å²) in [7, 11) is 0. The van der Waals surface area contributed by atoms with Gasteiger partial charge >= 0.3 is 0 Å². The second-order valence-corrected chi connectivity index (χ2v) is 15.2. The van der Waals surface area contributed by atoms with Gasteiger partial charge in [-0.1, -0.05) is 125 Å². The van der Waals surface area contributed by atoms with Gasteiger partial charge in [0.1, 0.15) is 0 Å². The maximum absolute atomic E-state index is 2.56. The van der Waals surface area contributed by atoms with E-state index in [0.29, 0.717) is 5.41 Å². The fourth-order valence-electron chi connectivity index (χ4n) is 6.79. The van der Waals surface area contributed by atoms with Crippen LogP contribution in [0.1, 0.15) is 131 Å². The van der Waals surface area contributed by atoms with Crippen LogP contribution in [0.5, 0.6) is 0 Å². The molecule has 0 aliphatic carbocycles. The van der Waals surface area contributed by atoms with E-state index in [-0.39, 0.29) is 0 Å². The Kier molecular flexibility index (Phi) is 14.1. The van der Waals surface area contributed by atoms with Crippen LogP contribution >= 0.6 is 0 Å². The first-order chi connectivity index (χ1) is 15.3. The lowest BCUT2D eigenvalue weighted by atomic mass is 9.62. The highest BCUT2D eigenvalue weighted by atomic mass is 14.4. The van der Waals surface area contributed by atoms with Crippen molar-refractivity contribution < 1.29 is 0 Å². The van der Waals surface area contributed by atoms with Crippen LogP contribution in [0.15, 0.2) is 0 Å².